The molecule has 4 nitrogen and oxygen atoms in total. The first-order chi connectivity index (χ1) is 9.65. The van der Waals surface area contributed by atoms with Crippen LogP contribution in [0.3, 0.4) is 0 Å². The summed E-state index contributed by atoms with van der Waals surface area (Å²) in [5.41, 5.74) is 0.624. The van der Waals surface area contributed by atoms with E-state index in [1.807, 2.05) is 6.07 Å². The minimum atomic E-state index is -2.85. The van der Waals surface area contributed by atoms with E-state index in [1.54, 1.807) is 24.5 Å². The van der Waals surface area contributed by atoms with Crippen LogP contribution in [0.2, 0.25) is 0 Å². The Balaban J connectivity index is 1.81. The van der Waals surface area contributed by atoms with Crippen molar-refractivity contribution in [3.63, 3.8) is 0 Å². The first kappa shape index (κ1) is 14.5. The van der Waals surface area contributed by atoms with Crippen molar-refractivity contribution >= 4 is 0 Å². The van der Waals surface area contributed by atoms with Crippen molar-refractivity contribution in [1.82, 2.24) is 5.32 Å². The maximum absolute atomic E-state index is 12.0. The predicted molar refractivity (Wildman–Crippen MR) is 68.4 cm³/mol. The number of halogens is 2. The van der Waals surface area contributed by atoms with Crippen molar-refractivity contribution in [1.29, 1.82) is 0 Å². The summed E-state index contributed by atoms with van der Waals surface area (Å²) in [5, 5.41) is 13.0. The van der Waals surface area contributed by atoms with Gasteiger partial charge in [0, 0.05) is 6.54 Å². The van der Waals surface area contributed by atoms with Gasteiger partial charge in [0.2, 0.25) is 0 Å². The zero-order valence-electron chi connectivity index (χ0n) is 10.6. The number of hydrogen-bond donors (Lipinski definition) is 2. The van der Waals surface area contributed by atoms with Crippen LogP contribution in [-0.4, -0.2) is 18.3 Å². The molecule has 0 amide bonds. The molecule has 1 atom stereocenters. The van der Waals surface area contributed by atoms with Gasteiger partial charge in [0.25, 0.3) is 0 Å². The van der Waals surface area contributed by atoms with Crippen LogP contribution in [0.5, 0.6) is 5.75 Å². The van der Waals surface area contributed by atoms with Gasteiger partial charge in [-0.15, -0.1) is 0 Å². The van der Waals surface area contributed by atoms with E-state index in [-0.39, 0.29) is 5.75 Å². The van der Waals surface area contributed by atoms with E-state index in [9.17, 15) is 13.9 Å². The fourth-order valence-corrected chi connectivity index (χ4v) is 1.73. The van der Waals surface area contributed by atoms with Gasteiger partial charge < -0.3 is 19.6 Å². The lowest BCUT2D eigenvalue weighted by Gasteiger charge is -2.12. The molecule has 2 N–H and O–H groups in total. The number of rotatable bonds is 7. The summed E-state index contributed by atoms with van der Waals surface area (Å²) < 4.78 is 33.4. The van der Waals surface area contributed by atoms with E-state index < -0.39 is 12.7 Å². The van der Waals surface area contributed by atoms with Gasteiger partial charge in [-0.05, 0) is 29.8 Å². The summed E-state index contributed by atoms with van der Waals surface area (Å²) in [4.78, 5) is 0. The van der Waals surface area contributed by atoms with Gasteiger partial charge in [0.15, 0.2) is 0 Å². The molecule has 0 aliphatic carbocycles. The summed E-state index contributed by atoms with van der Waals surface area (Å²) in [6.07, 6.45) is 0.848. The Labute approximate surface area is 115 Å². The van der Waals surface area contributed by atoms with Crippen LogP contribution >= 0.6 is 0 Å². The Hall–Kier alpha value is -1.92. The summed E-state index contributed by atoms with van der Waals surface area (Å²) in [5.74, 6) is 0.845. The molecule has 0 saturated carbocycles. The monoisotopic (exact) mass is 283 g/mol. The van der Waals surface area contributed by atoms with Crippen LogP contribution in [0.15, 0.2) is 47.1 Å². The molecular formula is C14H15F2NO3. The lowest BCUT2D eigenvalue weighted by Crippen LogP contribution is -2.20. The Bertz CT molecular complexity index is 500. The topological polar surface area (TPSA) is 54.6 Å². The fourth-order valence-electron chi connectivity index (χ4n) is 1.73. The molecule has 0 saturated heterocycles. The molecule has 0 aliphatic rings. The molecule has 1 heterocycles. The third kappa shape index (κ3) is 4.32. The van der Waals surface area contributed by atoms with Crippen LogP contribution in [0.25, 0.3) is 0 Å². The molecule has 1 aromatic carbocycles. The molecule has 0 aliphatic heterocycles. The molecule has 2 aromatic rings. The highest BCUT2D eigenvalue weighted by atomic mass is 19.3. The number of benzene rings is 1. The van der Waals surface area contributed by atoms with E-state index >= 15 is 0 Å². The molecule has 20 heavy (non-hydrogen) atoms. The number of hydrogen-bond acceptors (Lipinski definition) is 4. The number of ether oxygens (including phenoxy) is 1. The molecule has 1 unspecified atom stereocenters. The molecule has 108 valence electrons. The average molecular weight is 283 g/mol. The van der Waals surface area contributed by atoms with Gasteiger partial charge in [-0.25, -0.2) is 0 Å². The highest BCUT2D eigenvalue weighted by molar-refractivity contribution is 5.28. The summed E-state index contributed by atoms with van der Waals surface area (Å²) in [6, 6.07) is 9.52. The molecule has 0 spiro atoms. The number of aliphatic hydroxyl groups excluding tert-OH is 1. The number of aliphatic hydroxyl groups is 1. The zero-order chi connectivity index (χ0) is 14.4. The predicted octanol–water partition coefficient (Wildman–Crippen LogP) is 2.70. The zero-order valence-corrected chi connectivity index (χ0v) is 10.6. The Morgan fingerprint density at radius 2 is 1.95 bits per heavy atom. The average Bonchev–Trinajstić information content (AvgIpc) is 2.92. The SMILES string of the molecule is OC(CNCc1ccco1)c1ccc(OC(F)F)cc1. The van der Waals surface area contributed by atoms with Crippen LogP contribution in [-0.2, 0) is 6.54 Å². The fraction of sp³-hybridized carbons (Fsp3) is 0.286. The van der Waals surface area contributed by atoms with Crippen molar-refractivity contribution in [3.05, 3.63) is 54.0 Å². The van der Waals surface area contributed by atoms with Gasteiger partial charge in [-0.1, -0.05) is 12.1 Å². The first-order valence-corrected chi connectivity index (χ1v) is 6.11. The van der Waals surface area contributed by atoms with Gasteiger partial charge in [0.05, 0.1) is 18.9 Å². The lowest BCUT2D eigenvalue weighted by molar-refractivity contribution is -0.0498. The van der Waals surface area contributed by atoms with Gasteiger partial charge in [-0.3, -0.25) is 0 Å². The molecule has 0 radical (unpaired) electrons. The molecular weight excluding hydrogens is 268 g/mol. The number of alkyl halides is 2. The summed E-state index contributed by atoms with van der Waals surface area (Å²) in [7, 11) is 0. The van der Waals surface area contributed by atoms with Crippen molar-refractivity contribution in [2.24, 2.45) is 0 Å². The van der Waals surface area contributed by atoms with E-state index in [0.29, 0.717) is 18.7 Å². The molecule has 1 aromatic heterocycles. The van der Waals surface area contributed by atoms with Gasteiger partial charge >= 0.3 is 6.61 Å². The van der Waals surface area contributed by atoms with Gasteiger partial charge in [0.1, 0.15) is 11.5 Å². The van der Waals surface area contributed by atoms with E-state index in [1.165, 1.54) is 12.1 Å². The standard InChI is InChI=1S/C14H15F2NO3/c15-14(16)20-11-5-3-10(4-6-11)13(18)9-17-8-12-2-1-7-19-12/h1-7,13-14,17-18H,8-9H2. The maximum atomic E-state index is 12.0. The lowest BCUT2D eigenvalue weighted by atomic mass is 10.1. The van der Waals surface area contributed by atoms with E-state index in [2.05, 4.69) is 10.1 Å². The first-order valence-electron chi connectivity index (χ1n) is 6.11. The largest absolute Gasteiger partial charge is 0.468 e. The number of nitrogens with one attached hydrogen (secondary N) is 1. The van der Waals surface area contributed by atoms with Crippen molar-refractivity contribution in [2.45, 2.75) is 19.3 Å². The smallest absolute Gasteiger partial charge is 0.387 e. The second-order valence-electron chi connectivity index (χ2n) is 4.17. The second-order valence-corrected chi connectivity index (χ2v) is 4.17. The third-order valence-corrected chi connectivity index (χ3v) is 2.71. The minimum Gasteiger partial charge on any atom is -0.468 e. The Morgan fingerprint density at radius 3 is 2.55 bits per heavy atom. The highest BCUT2D eigenvalue weighted by Crippen LogP contribution is 2.19. The minimum absolute atomic E-state index is 0.0690. The van der Waals surface area contributed by atoms with E-state index in [4.69, 9.17) is 4.42 Å². The number of furan rings is 1. The van der Waals surface area contributed by atoms with Crippen LogP contribution in [0.4, 0.5) is 8.78 Å². The van der Waals surface area contributed by atoms with Crippen LogP contribution < -0.4 is 10.1 Å². The molecule has 2 rings (SSSR count). The molecule has 6 heteroatoms. The van der Waals surface area contributed by atoms with Crippen molar-refractivity contribution in [3.8, 4) is 5.75 Å². The van der Waals surface area contributed by atoms with Gasteiger partial charge in [-0.2, -0.15) is 8.78 Å². The third-order valence-electron chi connectivity index (χ3n) is 2.71. The van der Waals surface area contributed by atoms with Crippen molar-refractivity contribution < 1.29 is 23.0 Å². The van der Waals surface area contributed by atoms with Crippen LogP contribution in [0.1, 0.15) is 17.4 Å². The quantitative estimate of drug-likeness (QED) is 0.820. The maximum Gasteiger partial charge on any atom is 0.387 e. The highest BCUT2D eigenvalue weighted by Gasteiger charge is 2.09. The Kier molecular flexibility index (Phi) is 5.09. The second kappa shape index (κ2) is 7.02. The van der Waals surface area contributed by atoms with Crippen molar-refractivity contribution in [2.75, 3.05) is 6.54 Å². The molecule has 0 bridgehead atoms. The van der Waals surface area contributed by atoms with Crippen LogP contribution in [0, 0.1) is 0 Å². The van der Waals surface area contributed by atoms with E-state index in [0.717, 1.165) is 5.76 Å². The molecule has 0 fully saturated rings. The normalized spacial score (nSPS) is 12.6. The summed E-state index contributed by atoms with van der Waals surface area (Å²) in [6.45, 7) is -2.01. The Morgan fingerprint density at radius 1 is 1.20 bits per heavy atom. The summed E-state index contributed by atoms with van der Waals surface area (Å²) >= 11 is 0.